The predicted octanol–water partition coefficient (Wildman–Crippen LogP) is 4.37. The van der Waals surface area contributed by atoms with Crippen LogP contribution in [0.5, 0.6) is 5.75 Å². The second kappa shape index (κ2) is 8.36. The molecule has 29 heavy (non-hydrogen) atoms. The molecule has 2 rings (SSSR count). The summed E-state index contributed by atoms with van der Waals surface area (Å²) in [7, 11) is 0.717. The molecular formula is C21H31BFNO5. The van der Waals surface area contributed by atoms with Gasteiger partial charge in [0, 0.05) is 6.54 Å². The van der Waals surface area contributed by atoms with Crippen LogP contribution in [0.25, 0.3) is 6.08 Å². The Morgan fingerprint density at radius 1 is 1.21 bits per heavy atom. The van der Waals surface area contributed by atoms with Crippen LogP contribution in [0.15, 0.2) is 23.7 Å². The van der Waals surface area contributed by atoms with Crippen molar-refractivity contribution in [2.45, 2.75) is 65.3 Å². The van der Waals surface area contributed by atoms with Crippen LogP contribution in [-0.2, 0) is 14.0 Å². The quantitative estimate of drug-likeness (QED) is 0.735. The van der Waals surface area contributed by atoms with E-state index in [0.717, 1.165) is 0 Å². The molecule has 0 spiro atoms. The first-order valence-corrected chi connectivity index (χ1v) is 9.60. The number of ether oxygens (including phenoxy) is 2. The topological polar surface area (TPSA) is 66.0 Å². The van der Waals surface area contributed by atoms with Gasteiger partial charge in [-0.05, 0) is 71.6 Å². The summed E-state index contributed by atoms with van der Waals surface area (Å²) in [5.41, 5.74) is -0.475. The third kappa shape index (κ3) is 5.96. The fraction of sp³-hybridized carbons (Fsp3) is 0.571. The summed E-state index contributed by atoms with van der Waals surface area (Å²) < 4.78 is 36.6. The largest absolute Gasteiger partial charge is 0.494 e. The number of carbonyl (C=O) groups excluding carboxylic acids is 1. The highest BCUT2D eigenvalue weighted by atomic mass is 19.1. The molecule has 1 saturated heterocycles. The lowest BCUT2D eigenvalue weighted by Gasteiger charge is -2.32. The summed E-state index contributed by atoms with van der Waals surface area (Å²) in [5.74, 6) is -0.319. The van der Waals surface area contributed by atoms with Gasteiger partial charge in [-0.15, -0.1) is 0 Å². The third-order valence-corrected chi connectivity index (χ3v) is 4.92. The molecule has 0 radical (unpaired) electrons. The van der Waals surface area contributed by atoms with Crippen molar-refractivity contribution in [3.05, 3.63) is 35.1 Å². The fourth-order valence-electron chi connectivity index (χ4n) is 2.67. The van der Waals surface area contributed by atoms with Crippen LogP contribution in [0.2, 0.25) is 0 Å². The van der Waals surface area contributed by atoms with Crippen molar-refractivity contribution in [1.29, 1.82) is 0 Å². The van der Waals surface area contributed by atoms with E-state index in [4.69, 9.17) is 18.8 Å². The zero-order chi connectivity index (χ0) is 22.0. The van der Waals surface area contributed by atoms with Gasteiger partial charge in [-0.3, -0.25) is 0 Å². The maximum Gasteiger partial charge on any atom is 0.492 e. The number of carbonyl (C=O) groups is 1. The summed E-state index contributed by atoms with van der Waals surface area (Å²) in [6.07, 6.45) is 1.18. The molecule has 0 bridgehead atoms. The van der Waals surface area contributed by atoms with Gasteiger partial charge < -0.3 is 24.1 Å². The van der Waals surface area contributed by atoms with Crippen molar-refractivity contribution >= 4 is 19.3 Å². The number of methoxy groups -OCH3 is 1. The number of benzene rings is 1. The lowest BCUT2D eigenvalue weighted by atomic mass is 9.77. The molecule has 1 N–H and O–H groups in total. The van der Waals surface area contributed by atoms with Crippen LogP contribution in [0.1, 0.15) is 54.0 Å². The van der Waals surface area contributed by atoms with Crippen molar-refractivity contribution in [2.24, 2.45) is 0 Å². The second-order valence-corrected chi connectivity index (χ2v) is 9.06. The monoisotopic (exact) mass is 407 g/mol. The molecular weight excluding hydrogens is 376 g/mol. The zero-order valence-corrected chi connectivity index (χ0v) is 18.5. The zero-order valence-electron chi connectivity index (χ0n) is 18.5. The average molecular weight is 407 g/mol. The summed E-state index contributed by atoms with van der Waals surface area (Å²) in [5, 5.41) is 2.72. The molecule has 8 heteroatoms. The van der Waals surface area contributed by atoms with Gasteiger partial charge in [-0.25, -0.2) is 9.18 Å². The first-order chi connectivity index (χ1) is 13.2. The first-order valence-electron chi connectivity index (χ1n) is 9.60. The molecule has 160 valence electrons. The van der Waals surface area contributed by atoms with Crippen LogP contribution >= 0.6 is 0 Å². The van der Waals surface area contributed by atoms with Gasteiger partial charge in [0.05, 0.1) is 18.3 Å². The molecule has 1 amide bonds. The Hall–Kier alpha value is -2.06. The van der Waals surface area contributed by atoms with Crippen LogP contribution in [0.3, 0.4) is 0 Å². The Morgan fingerprint density at radius 2 is 1.79 bits per heavy atom. The molecule has 1 aromatic rings. The van der Waals surface area contributed by atoms with E-state index in [1.807, 2.05) is 27.7 Å². The molecule has 1 fully saturated rings. The van der Waals surface area contributed by atoms with Crippen LogP contribution in [0.4, 0.5) is 9.18 Å². The van der Waals surface area contributed by atoms with Gasteiger partial charge in [0.25, 0.3) is 0 Å². The molecule has 1 aromatic carbocycles. The van der Waals surface area contributed by atoms with Crippen molar-refractivity contribution in [1.82, 2.24) is 5.32 Å². The van der Waals surface area contributed by atoms with Gasteiger partial charge in [-0.1, -0.05) is 12.1 Å². The van der Waals surface area contributed by atoms with E-state index in [1.54, 1.807) is 39.0 Å². The van der Waals surface area contributed by atoms with Gasteiger partial charge >= 0.3 is 13.2 Å². The molecule has 0 unspecified atom stereocenters. The maximum absolute atomic E-state index is 14.1. The SMILES string of the molecule is COc1ccc(C=C(CNC(=O)OC(C)(C)C)B2OC(C)(C)C(C)(C)O2)cc1F. The summed E-state index contributed by atoms with van der Waals surface area (Å²) >= 11 is 0. The molecule has 0 aliphatic carbocycles. The van der Waals surface area contributed by atoms with E-state index >= 15 is 0 Å². The highest BCUT2D eigenvalue weighted by molar-refractivity contribution is 6.56. The van der Waals surface area contributed by atoms with Gasteiger partial charge in [0.2, 0.25) is 0 Å². The number of alkyl carbamates (subject to hydrolysis) is 1. The van der Waals surface area contributed by atoms with Gasteiger partial charge in [0.15, 0.2) is 11.6 Å². The third-order valence-electron chi connectivity index (χ3n) is 4.92. The second-order valence-electron chi connectivity index (χ2n) is 9.06. The average Bonchev–Trinajstić information content (AvgIpc) is 2.77. The number of hydrogen-bond acceptors (Lipinski definition) is 5. The Morgan fingerprint density at radius 3 is 2.28 bits per heavy atom. The van der Waals surface area contributed by atoms with Crippen LogP contribution < -0.4 is 10.1 Å². The van der Waals surface area contributed by atoms with Crippen molar-refractivity contribution in [2.75, 3.05) is 13.7 Å². The standard InChI is InChI=1S/C21H31BFNO5/c1-19(2,3)27-18(25)24-13-15(22-28-20(4,5)21(6,7)29-22)11-14-9-10-17(26-8)16(23)12-14/h9-12H,13H2,1-8H3,(H,24,25). The Labute approximate surface area is 172 Å². The highest BCUT2D eigenvalue weighted by Gasteiger charge is 2.52. The Balaban J connectivity index is 2.28. The van der Waals surface area contributed by atoms with Crippen molar-refractivity contribution in [3.63, 3.8) is 0 Å². The maximum atomic E-state index is 14.1. The van der Waals surface area contributed by atoms with E-state index in [2.05, 4.69) is 5.32 Å². The van der Waals surface area contributed by atoms with E-state index < -0.39 is 35.8 Å². The number of rotatable bonds is 5. The van der Waals surface area contributed by atoms with Gasteiger partial charge in [-0.2, -0.15) is 0 Å². The summed E-state index contributed by atoms with van der Waals surface area (Å²) in [6, 6.07) is 4.63. The fourth-order valence-corrected chi connectivity index (χ4v) is 2.67. The minimum absolute atomic E-state index is 0.124. The Kier molecular flexibility index (Phi) is 6.70. The lowest BCUT2D eigenvalue weighted by Crippen LogP contribution is -2.41. The molecule has 0 atom stereocenters. The molecule has 1 heterocycles. The molecule has 1 aliphatic heterocycles. The predicted molar refractivity (Wildman–Crippen MR) is 111 cm³/mol. The van der Waals surface area contributed by atoms with E-state index in [9.17, 15) is 9.18 Å². The number of nitrogens with one attached hydrogen (secondary N) is 1. The highest BCUT2D eigenvalue weighted by Crippen LogP contribution is 2.38. The molecule has 1 aliphatic rings. The van der Waals surface area contributed by atoms with Crippen LogP contribution in [0, 0.1) is 5.82 Å². The number of amides is 1. The van der Waals surface area contributed by atoms with Crippen molar-refractivity contribution < 1.29 is 28.0 Å². The summed E-state index contributed by atoms with van der Waals surface area (Å²) in [4.78, 5) is 12.1. The minimum Gasteiger partial charge on any atom is -0.494 e. The number of halogens is 1. The normalized spacial score (nSPS) is 18.5. The Bertz CT molecular complexity index is 770. The van der Waals surface area contributed by atoms with Crippen molar-refractivity contribution in [3.8, 4) is 5.75 Å². The molecule has 0 aromatic heterocycles. The number of hydrogen-bond donors (Lipinski definition) is 1. The van der Waals surface area contributed by atoms with Gasteiger partial charge in [0.1, 0.15) is 5.60 Å². The van der Waals surface area contributed by atoms with Crippen LogP contribution in [-0.4, -0.2) is 43.7 Å². The van der Waals surface area contributed by atoms with E-state index in [-0.39, 0.29) is 12.3 Å². The minimum atomic E-state index is -0.694. The first kappa shape index (κ1) is 23.2. The van der Waals surface area contributed by atoms with E-state index in [0.29, 0.717) is 11.0 Å². The molecule has 0 saturated carbocycles. The van der Waals surface area contributed by atoms with E-state index in [1.165, 1.54) is 13.2 Å². The summed E-state index contributed by atoms with van der Waals surface area (Å²) in [6.45, 7) is 13.3. The lowest BCUT2D eigenvalue weighted by molar-refractivity contribution is 0.00578. The molecule has 6 nitrogen and oxygen atoms in total. The smallest absolute Gasteiger partial charge is 0.492 e.